The first kappa shape index (κ1) is 16.4. The molecule has 0 atom stereocenters. The second-order valence-electron chi connectivity index (χ2n) is 6.52. The van der Waals surface area contributed by atoms with Crippen molar-refractivity contribution in [3.8, 4) is 5.88 Å². The van der Waals surface area contributed by atoms with E-state index in [0.29, 0.717) is 12.5 Å². The van der Waals surface area contributed by atoms with E-state index in [1.54, 1.807) is 10.4 Å². The SMILES string of the molecule is C=C1C=Cc2ccc(OCCCCN3CCc4ccsc4C3)nc2N1. The minimum absolute atomic E-state index is 0.676. The first-order valence-corrected chi connectivity index (χ1v) is 9.71. The number of hydrogen-bond donors (Lipinski definition) is 1. The number of hydrogen-bond acceptors (Lipinski definition) is 5. The van der Waals surface area contributed by atoms with E-state index in [-0.39, 0.29) is 0 Å². The average molecular weight is 353 g/mol. The van der Waals surface area contributed by atoms with E-state index in [4.69, 9.17) is 4.74 Å². The van der Waals surface area contributed by atoms with Crippen LogP contribution in [0.15, 0.2) is 41.9 Å². The predicted molar refractivity (Wildman–Crippen MR) is 104 cm³/mol. The third-order valence-corrected chi connectivity index (χ3v) is 5.61. The van der Waals surface area contributed by atoms with E-state index in [0.717, 1.165) is 43.0 Å². The summed E-state index contributed by atoms with van der Waals surface area (Å²) in [7, 11) is 0. The van der Waals surface area contributed by atoms with Gasteiger partial charge in [0, 0.05) is 35.3 Å². The summed E-state index contributed by atoms with van der Waals surface area (Å²) in [4.78, 5) is 8.61. The number of rotatable bonds is 6. The van der Waals surface area contributed by atoms with Gasteiger partial charge in [0.25, 0.3) is 0 Å². The molecule has 130 valence electrons. The summed E-state index contributed by atoms with van der Waals surface area (Å²) < 4.78 is 5.82. The Balaban J connectivity index is 1.20. The van der Waals surface area contributed by atoms with E-state index in [1.165, 1.54) is 13.0 Å². The second kappa shape index (κ2) is 7.42. The van der Waals surface area contributed by atoms with Gasteiger partial charge in [0.2, 0.25) is 5.88 Å². The minimum Gasteiger partial charge on any atom is -0.478 e. The summed E-state index contributed by atoms with van der Waals surface area (Å²) in [5.74, 6) is 1.50. The lowest BCUT2D eigenvalue weighted by molar-refractivity contribution is 0.235. The van der Waals surface area contributed by atoms with Gasteiger partial charge < -0.3 is 10.1 Å². The number of allylic oxidation sites excluding steroid dienone is 1. The molecule has 2 aliphatic rings. The molecule has 5 heteroatoms. The number of aromatic nitrogens is 1. The highest BCUT2D eigenvalue weighted by Gasteiger charge is 2.16. The zero-order valence-electron chi connectivity index (χ0n) is 14.3. The molecule has 0 amide bonds. The topological polar surface area (TPSA) is 37.4 Å². The monoisotopic (exact) mass is 353 g/mol. The van der Waals surface area contributed by atoms with Gasteiger partial charge in [-0.25, -0.2) is 0 Å². The minimum atomic E-state index is 0.676. The predicted octanol–water partition coefficient (Wildman–Crippen LogP) is 4.31. The van der Waals surface area contributed by atoms with Crippen molar-refractivity contribution in [2.75, 3.05) is 25.0 Å². The maximum atomic E-state index is 5.82. The molecule has 0 aromatic carbocycles. The average Bonchev–Trinajstić information content (AvgIpc) is 3.09. The highest BCUT2D eigenvalue weighted by Crippen LogP contribution is 2.25. The first-order chi connectivity index (χ1) is 12.3. The Hall–Kier alpha value is -2.11. The fraction of sp³-hybridized carbons (Fsp3) is 0.350. The molecule has 0 unspecified atom stereocenters. The van der Waals surface area contributed by atoms with Crippen molar-refractivity contribution in [3.05, 3.63) is 57.9 Å². The van der Waals surface area contributed by atoms with E-state index >= 15 is 0 Å². The largest absolute Gasteiger partial charge is 0.478 e. The van der Waals surface area contributed by atoms with Crippen molar-refractivity contribution in [1.29, 1.82) is 0 Å². The second-order valence-corrected chi connectivity index (χ2v) is 7.52. The molecule has 0 spiro atoms. The number of nitrogens with zero attached hydrogens (tertiary/aromatic N) is 2. The van der Waals surface area contributed by atoms with Crippen LogP contribution in [-0.4, -0.2) is 29.6 Å². The molecule has 0 bridgehead atoms. The summed E-state index contributed by atoms with van der Waals surface area (Å²) in [5, 5.41) is 5.39. The molecule has 1 N–H and O–H groups in total. The number of unbranched alkanes of at least 4 members (excludes halogenated alkanes) is 1. The van der Waals surface area contributed by atoms with E-state index < -0.39 is 0 Å². The zero-order valence-corrected chi connectivity index (χ0v) is 15.1. The van der Waals surface area contributed by atoms with Crippen LogP contribution in [0.2, 0.25) is 0 Å². The summed E-state index contributed by atoms with van der Waals surface area (Å²) >= 11 is 1.89. The highest BCUT2D eigenvalue weighted by molar-refractivity contribution is 7.10. The first-order valence-electron chi connectivity index (χ1n) is 8.83. The van der Waals surface area contributed by atoms with Gasteiger partial charge in [0.15, 0.2) is 0 Å². The summed E-state index contributed by atoms with van der Waals surface area (Å²) in [6.07, 6.45) is 7.37. The Labute approximate surface area is 152 Å². The number of pyridine rings is 1. The van der Waals surface area contributed by atoms with Gasteiger partial charge in [-0.1, -0.05) is 6.58 Å². The molecular weight excluding hydrogens is 330 g/mol. The van der Waals surface area contributed by atoms with Gasteiger partial charge in [0.05, 0.1) is 6.61 Å². The number of thiophene rings is 1. The van der Waals surface area contributed by atoms with Crippen LogP contribution in [0.5, 0.6) is 5.88 Å². The Morgan fingerprint density at radius 3 is 3.16 bits per heavy atom. The Bertz CT molecular complexity index is 796. The molecule has 25 heavy (non-hydrogen) atoms. The van der Waals surface area contributed by atoms with Crippen LogP contribution < -0.4 is 10.1 Å². The lowest BCUT2D eigenvalue weighted by Crippen LogP contribution is -2.30. The number of nitrogens with one attached hydrogen (secondary N) is 1. The van der Waals surface area contributed by atoms with E-state index in [9.17, 15) is 0 Å². The molecule has 4 rings (SSSR count). The van der Waals surface area contributed by atoms with Crippen molar-refractivity contribution < 1.29 is 4.74 Å². The third-order valence-electron chi connectivity index (χ3n) is 4.66. The normalized spacial score (nSPS) is 16.2. The smallest absolute Gasteiger partial charge is 0.215 e. The van der Waals surface area contributed by atoms with Gasteiger partial charge in [-0.3, -0.25) is 4.90 Å². The van der Waals surface area contributed by atoms with Crippen LogP contribution in [-0.2, 0) is 13.0 Å². The molecule has 0 radical (unpaired) electrons. The summed E-state index contributed by atoms with van der Waals surface area (Å²) in [6, 6.07) is 6.23. The molecule has 4 heterocycles. The maximum Gasteiger partial charge on any atom is 0.215 e. The molecule has 2 aromatic heterocycles. The van der Waals surface area contributed by atoms with Crippen LogP contribution in [0.25, 0.3) is 6.08 Å². The van der Waals surface area contributed by atoms with Gasteiger partial charge in [0.1, 0.15) is 5.82 Å². The molecule has 0 saturated carbocycles. The molecule has 2 aromatic rings. The van der Waals surface area contributed by atoms with Crippen molar-refractivity contribution in [1.82, 2.24) is 9.88 Å². The lowest BCUT2D eigenvalue weighted by atomic mass is 10.1. The zero-order chi connectivity index (χ0) is 17.1. The Morgan fingerprint density at radius 1 is 1.24 bits per heavy atom. The number of fused-ring (bicyclic) bond motifs is 2. The lowest BCUT2D eigenvalue weighted by Gasteiger charge is -2.26. The Morgan fingerprint density at radius 2 is 2.20 bits per heavy atom. The van der Waals surface area contributed by atoms with Crippen LogP contribution in [0, 0.1) is 0 Å². The molecule has 0 fully saturated rings. The fourth-order valence-corrected chi connectivity index (χ4v) is 4.22. The number of ether oxygens (including phenoxy) is 1. The standard InChI is InChI=1S/C20H23N3OS/c1-15-4-5-17-6-7-19(22-20(17)21-15)24-12-3-2-10-23-11-8-16-9-13-25-18(16)14-23/h4-7,9,13H,1-3,8,10-12,14H2,(H,21,22). The van der Waals surface area contributed by atoms with Crippen LogP contribution >= 0.6 is 11.3 Å². The van der Waals surface area contributed by atoms with Gasteiger partial charge in [-0.15, -0.1) is 11.3 Å². The van der Waals surface area contributed by atoms with Crippen LogP contribution in [0.1, 0.15) is 28.8 Å². The third kappa shape index (κ3) is 3.94. The van der Waals surface area contributed by atoms with Crippen molar-refractivity contribution in [2.24, 2.45) is 0 Å². The van der Waals surface area contributed by atoms with Gasteiger partial charge >= 0.3 is 0 Å². The maximum absolute atomic E-state index is 5.82. The van der Waals surface area contributed by atoms with Crippen molar-refractivity contribution in [3.63, 3.8) is 0 Å². The quantitative estimate of drug-likeness (QED) is 0.785. The highest BCUT2D eigenvalue weighted by atomic mass is 32.1. The van der Waals surface area contributed by atoms with Crippen molar-refractivity contribution in [2.45, 2.75) is 25.8 Å². The van der Waals surface area contributed by atoms with Crippen LogP contribution in [0.3, 0.4) is 0 Å². The fourth-order valence-electron chi connectivity index (χ4n) is 3.25. The Kier molecular flexibility index (Phi) is 4.85. The van der Waals surface area contributed by atoms with E-state index in [2.05, 4.69) is 33.2 Å². The molecule has 4 nitrogen and oxygen atoms in total. The van der Waals surface area contributed by atoms with Gasteiger partial charge in [-0.2, -0.15) is 4.98 Å². The molecule has 2 aliphatic heterocycles. The molecule has 0 saturated heterocycles. The van der Waals surface area contributed by atoms with E-state index in [1.807, 2.05) is 35.6 Å². The number of anilines is 1. The molecular formula is C20H23N3OS. The molecule has 0 aliphatic carbocycles. The van der Waals surface area contributed by atoms with Crippen LogP contribution in [0.4, 0.5) is 5.82 Å². The van der Waals surface area contributed by atoms with Gasteiger partial charge in [-0.05, 0) is 61.0 Å². The summed E-state index contributed by atoms with van der Waals surface area (Å²) in [6.45, 7) is 8.05. The van der Waals surface area contributed by atoms with Crippen molar-refractivity contribution >= 4 is 23.2 Å². The summed E-state index contributed by atoms with van der Waals surface area (Å²) in [5.41, 5.74) is 3.47.